The first-order chi connectivity index (χ1) is 9.97. The fraction of sp³-hybridized carbons (Fsp3) is 0.556. The highest BCUT2D eigenvalue weighted by molar-refractivity contribution is 5.46. The van der Waals surface area contributed by atoms with Gasteiger partial charge in [-0.1, -0.05) is 18.2 Å². The van der Waals surface area contributed by atoms with Crippen molar-refractivity contribution in [1.82, 2.24) is 15.0 Å². The fourth-order valence-electron chi connectivity index (χ4n) is 3.15. The zero-order chi connectivity index (χ0) is 15.6. The summed E-state index contributed by atoms with van der Waals surface area (Å²) in [5, 5.41) is 8.48. The van der Waals surface area contributed by atoms with Gasteiger partial charge in [0.2, 0.25) is 0 Å². The summed E-state index contributed by atoms with van der Waals surface area (Å²) in [5.41, 5.74) is 8.27. The van der Waals surface area contributed by atoms with Crippen LogP contribution in [0.2, 0.25) is 0 Å². The van der Waals surface area contributed by atoms with Crippen LogP contribution in [0.3, 0.4) is 0 Å². The van der Waals surface area contributed by atoms with E-state index in [1.54, 1.807) is 0 Å². The molecule has 1 atom stereocenters. The molecule has 0 fully saturated rings. The Morgan fingerprint density at radius 2 is 1.67 bits per heavy atom. The maximum atomic E-state index is 4.32. The molecule has 1 aromatic carbocycles. The smallest absolute Gasteiger partial charge is 0.0833 e. The van der Waals surface area contributed by atoms with Gasteiger partial charge in [0.25, 0.3) is 0 Å². The van der Waals surface area contributed by atoms with E-state index in [2.05, 4.69) is 64.1 Å². The van der Waals surface area contributed by atoms with Crippen molar-refractivity contribution in [3.05, 3.63) is 45.8 Å². The second-order valence-corrected chi connectivity index (χ2v) is 6.05. The lowest BCUT2D eigenvalue weighted by atomic mass is 9.82. The van der Waals surface area contributed by atoms with Gasteiger partial charge < -0.3 is 0 Å². The van der Waals surface area contributed by atoms with Gasteiger partial charge in [-0.15, -0.1) is 5.10 Å². The lowest BCUT2D eigenvalue weighted by Crippen LogP contribution is -2.09. The van der Waals surface area contributed by atoms with Gasteiger partial charge in [0.05, 0.1) is 5.69 Å². The summed E-state index contributed by atoms with van der Waals surface area (Å²) in [4.78, 5) is 0. The monoisotopic (exact) mass is 285 g/mol. The van der Waals surface area contributed by atoms with Crippen LogP contribution < -0.4 is 0 Å². The fourth-order valence-corrected chi connectivity index (χ4v) is 3.15. The van der Waals surface area contributed by atoms with Crippen LogP contribution >= 0.6 is 0 Å². The molecule has 3 heteroatoms. The summed E-state index contributed by atoms with van der Waals surface area (Å²) in [6.07, 6.45) is 4.18. The standard InChI is InChI=1S/C18H27N3/c1-7-16(10-17-11-21(8-2)20-19-17)18-14(5)12(3)9-13(4)15(18)6/h9,11,16H,7-8,10H2,1-6H3. The van der Waals surface area contributed by atoms with Crippen molar-refractivity contribution in [2.45, 2.75) is 66.8 Å². The van der Waals surface area contributed by atoms with E-state index in [-0.39, 0.29) is 0 Å². The molecule has 1 unspecified atom stereocenters. The van der Waals surface area contributed by atoms with Crippen molar-refractivity contribution in [1.29, 1.82) is 0 Å². The van der Waals surface area contributed by atoms with Gasteiger partial charge in [0.1, 0.15) is 0 Å². The van der Waals surface area contributed by atoms with Crippen molar-refractivity contribution >= 4 is 0 Å². The van der Waals surface area contributed by atoms with Crippen molar-refractivity contribution in [2.75, 3.05) is 0 Å². The quantitative estimate of drug-likeness (QED) is 0.821. The Kier molecular flexibility index (Phi) is 4.81. The van der Waals surface area contributed by atoms with E-state index in [9.17, 15) is 0 Å². The van der Waals surface area contributed by atoms with E-state index in [1.165, 1.54) is 27.8 Å². The normalized spacial score (nSPS) is 12.7. The zero-order valence-electron chi connectivity index (χ0n) is 14.2. The second kappa shape index (κ2) is 6.42. The molecule has 1 heterocycles. The summed E-state index contributed by atoms with van der Waals surface area (Å²) < 4.78 is 1.91. The topological polar surface area (TPSA) is 30.7 Å². The highest BCUT2D eigenvalue weighted by Gasteiger charge is 2.19. The third-order valence-electron chi connectivity index (χ3n) is 4.69. The summed E-state index contributed by atoms with van der Waals surface area (Å²) in [6.45, 7) is 14.2. The van der Waals surface area contributed by atoms with Crippen LogP contribution in [-0.2, 0) is 13.0 Å². The predicted octanol–water partition coefficient (Wildman–Crippen LogP) is 4.27. The van der Waals surface area contributed by atoms with Gasteiger partial charge in [-0.05, 0) is 81.2 Å². The third kappa shape index (κ3) is 3.17. The molecule has 114 valence electrons. The summed E-state index contributed by atoms with van der Waals surface area (Å²) in [7, 11) is 0. The summed E-state index contributed by atoms with van der Waals surface area (Å²) >= 11 is 0. The summed E-state index contributed by atoms with van der Waals surface area (Å²) in [5.74, 6) is 0.519. The predicted molar refractivity (Wildman–Crippen MR) is 87.8 cm³/mol. The number of aromatic nitrogens is 3. The van der Waals surface area contributed by atoms with Gasteiger partial charge in [0, 0.05) is 12.7 Å². The molecular weight excluding hydrogens is 258 g/mol. The number of benzene rings is 1. The first kappa shape index (κ1) is 15.7. The third-order valence-corrected chi connectivity index (χ3v) is 4.69. The molecule has 0 aliphatic carbocycles. The first-order valence-electron chi connectivity index (χ1n) is 7.94. The van der Waals surface area contributed by atoms with Crippen LogP contribution in [0, 0.1) is 27.7 Å². The minimum atomic E-state index is 0.519. The highest BCUT2D eigenvalue weighted by Crippen LogP contribution is 2.32. The van der Waals surface area contributed by atoms with E-state index in [4.69, 9.17) is 0 Å². The van der Waals surface area contributed by atoms with Crippen LogP contribution in [0.25, 0.3) is 0 Å². The Balaban J connectivity index is 2.37. The molecular formula is C18H27N3. The molecule has 0 N–H and O–H groups in total. The van der Waals surface area contributed by atoms with Crippen LogP contribution in [-0.4, -0.2) is 15.0 Å². The van der Waals surface area contributed by atoms with Crippen molar-refractivity contribution in [2.24, 2.45) is 0 Å². The largest absolute Gasteiger partial charge is 0.253 e. The number of nitrogens with zero attached hydrogens (tertiary/aromatic N) is 3. The molecule has 0 radical (unpaired) electrons. The molecule has 2 rings (SSSR count). The SMILES string of the molecule is CCC(Cc1cn(CC)nn1)c1c(C)c(C)cc(C)c1C. The molecule has 0 bridgehead atoms. The maximum absolute atomic E-state index is 4.32. The molecule has 0 saturated heterocycles. The van der Waals surface area contributed by atoms with Crippen molar-refractivity contribution in [3.63, 3.8) is 0 Å². The first-order valence-corrected chi connectivity index (χ1v) is 7.94. The Bertz CT molecular complexity index is 599. The molecule has 0 saturated carbocycles. The highest BCUT2D eigenvalue weighted by atomic mass is 15.4. The summed E-state index contributed by atoms with van der Waals surface area (Å²) in [6, 6.07) is 2.30. The van der Waals surface area contributed by atoms with Gasteiger partial charge in [0.15, 0.2) is 0 Å². The molecule has 0 aliphatic rings. The van der Waals surface area contributed by atoms with Crippen molar-refractivity contribution in [3.8, 4) is 0 Å². The Hall–Kier alpha value is -1.64. The van der Waals surface area contributed by atoms with Gasteiger partial charge in [-0.25, -0.2) is 0 Å². The minimum absolute atomic E-state index is 0.519. The Morgan fingerprint density at radius 1 is 1.05 bits per heavy atom. The molecule has 3 nitrogen and oxygen atoms in total. The van der Waals surface area contributed by atoms with Crippen LogP contribution in [0.15, 0.2) is 12.3 Å². The number of aryl methyl sites for hydroxylation is 3. The van der Waals surface area contributed by atoms with Crippen molar-refractivity contribution < 1.29 is 0 Å². The maximum Gasteiger partial charge on any atom is 0.0833 e. The number of hydrogen-bond acceptors (Lipinski definition) is 2. The van der Waals surface area contributed by atoms with E-state index < -0.39 is 0 Å². The average molecular weight is 285 g/mol. The average Bonchev–Trinajstić information content (AvgIpc) is 2.92. The van der Waals surface area contributed by atoms with Gasteiger partial charge in [-0.2, -0.15) is 0 Å². The second-order valence-electron chi connectivity index (χ2n) is 6.05. The molecule has 0 spiro atoms. The van der Waals surface area contributed by atoms with E-state index in [0.717, 1.165) is 25.1 Å². The number of rotatable bonds is 5. The van der Waals surface area contributed by atoms with E-state index in [1.807, 2.05) is 4.68 Å². The lowest BCUT2D eigenvalue weighted by Gasteiger charge is -2.22. The van der Waals surface area contributed by atoms with Gasteiger partial charge >= 0.3 is 0 Å². The molecule has 21 heavy (non-hydrogen) atoms. The van der Waals surface area contributed by atoms with E-state index >= 15 is 0 Å². The Labute approximate surface area is 128 Å². The lowest BCUT2D eigenvalue weighted by molar-refractivity contribution is 0.623. The van der Waals surface area contributed by atoms with Crippen LogP contribution in [0.5, 0.6) is 0 Å². The van der Waals surface area contributed by atoms with Crippen LogP contribution in [0.1, 0.15) is 59.7 Å². The minimum Gasteiger partial charge on any atom is -0.253 e. The molecule has 0 aliphatic heterocycles. The molecule has 2 aromatic rings. The Morgan fingerprint density at radius 3 is 2.14 bits per heavy atom. The van der Waals surface area contributed by atoms with Gasteiger partial charge in [-0.3, -0.25) is 4.68 Å². The van der Waals surface area contributed by atoms with Crippen LogP contribution in [0.4, 0.5) is 0 Å². The van der Waals surface area contributed by atoms with E-state index in [0.29, 0.717) is 5.92 Å². The zero-order valence-corrected chi connectivity index (χ0v) is 14.2. The number of hydrogen-bond donors (Lipinski definition) is 0. The molecule has 1 aromatic heterocycles. The molecule has 0 amide bonds.